The summed E-state index contributed by atoms with van der Waals surface area (Å²) in [6.07, 6.45) is 4.31. The number of nitrogens with one attached hydrogen (secondary N) is 1. The van der Waals surface area contributed by atoms with E-state index in [4.69, 9.17) is 14.5 Å². The van der Waals surface area contributed by atoms with Crippen LogP contribution < -0.4 is 9.47 Å². The maximum absolute atomic E-state index is 13.8. The van der Waals surface area contributed by atoms with Gasteiger partial charge in [0.15, 0.2) is 16.7 Å². The second-order valence-corrected chi connectivity index (χ2v) is 11.2. The monoisotopic (exact) mass is 622 g/mol. The molecule has 1 aromatic heterocycles. The molecule has 5 aromatic rings. The van der Waals surface area contributed by atoms with Crippen LogP contribution in [0.1, 0.15) is 16.7 Å². The number of non-ortho nitro benzene ring substituents is 1. The summed E-state index contributed by atoms with van der Waals surface area (Å²) in [5.41, 5.74) is 3.96. The number of rotatable bonds is 10. The van der Waals surface area contributed by atoms with Crippen molar-refractivity contribution in [2.24, 2.45) is 4.99 Å². The summed E-state index contributed by atoms with van der Waals surface area (Å²) in [5, 5.41) is 12.7. The zero-order chi connectivity index (χ0) is 31.3. The molecule has 1 amide bonds. The number of thioether (sulfide) groups is 1. The Morgan fingerprint density at radius 1 is 1.02 bits per heavy atom. The van der Waals surface area contributed by atoms with Crippen LogP contribution in [0.25, 0.3) is 17.0 Å². The number of aromatic amines is 1. The number of fused-ring (bicyclic) bond motifs is 1. The molecule has 226 valence electrons. The molecule has 4 aromatic carbocycles. The lowest BCUT2D eigenvalue weighted by atomic mass is 10.1. The lowest BCUT2D eigenvalue weighted by molar-refractivity contribution is -0.384. The molecular weight excluding hydrogens is 595 g/mol. The van der Waals surface area contributed by atoms with E-state index in [9.17, 15) is 19.3 Å². The molecule has 2 heterocycles. The molecule has 11 heteroatoms. The fourth-order valence-corrected chi connectivity index (χ4v) is 5.98. The molecule has 1 saturated heterocycles. The van der Waals surface area contributed by atoms with Crippen LogP contribution in [0.15, 0.2) is 107 Å². The Bertz CT molecular complexity index is 1950. The smallest absolute Gasteiger partial charge is 0.269 e. The molecule has 0 saturated carbocycles. The third-order valence-corrected chi connectivity index (χ3v) is 8.23. The third-order valence-electron chi connectivity index (χ3n) is 7.22. The number of aromatic nitrogens is 1. The van der Waals surface area contributed by atoms with Crippen molar-refractivity contribution < 1.29 is 23.6 Å². The maximum atomic E-state index is 13.8. The van der Waals surface area contributed by atoms with E-state index in [2.05, 4.69) is 4.98 Å². The number of nitro groups is 1. The summed E-state index contributed by atoms with van der Waals surface area (Å²) in [4.78, 5) is 34.5. The Balaban J connectivity index is 1.26. The van der Waals surface area contributed by atoms with Crippen LogP contribution in [0.2, 0.25) is 0 Å². The lowest BCUT2D eigenvalue weighted by Crippen LogP contribution is -2.31. The second-order valence-electron chi connectivity index (χ2n) is 10.2. The number of carbonyl (C=O) groups excluding carboxylic acids is 1. The van der Waals surface area contributed by atoms with Crippen LogP contribution in [0.5, 0.6) is 11.5 Å². The van der Waals surface area contributed by atoms with Crippen LogP contribution in [0, 0.1) is 15.9 Å². The van der Waals surface area contributed by atoms with E-state index in [0.29, 0.717) is 51.4 Å². The molecule has 9 nitrogen and oxygen atoms in total. The predicted molar refractivity (Wildman–Crippen MR) is 173 cm³/mol. The Kier molecular flexibility index (Phi) is 8.61. The number of para-hydroxylation sites is 1. The van der Waals surface area contributed by atoms with Crippen molar-refractivity contribution in [3.63, 3.8) is 0 Å². The van der Waals surface area contributed by atoms with Gasteiger partial charge in [-0.3, -0.25) is 19.8 Å². The fourth-order valence-electron chi connectivity index (χ4n) is 4.95. The summed E-state index contributed by atoms with van der Waals surface area (Å²) in [7, 11) is 1.53. The number of aliphatic imine (C=N–C) groups is 1. The van der Waals surface area contributed by atoms with Gasteiger partial charge < -0.3 is 14.5 Å². The van der Waals surface area contributed by atoms with E-state index in [1.54, 1.807) is 47.4 Å². The van der Waals surface area contributed by atoms with Gasteiger partial charge >= 0.3 is 0 Å². The van der Waals surface area contributed by atoms with Gasteiger partial charge in [-0.2, -0.15) is 0 Å². The van der Waals surface area contributed by atoms with Gasteiger partial charge in [0, 0.05) is 35.8 Å². The van der Waals surface area contributed by atoms with Crippen molar-refractivity contribution in [2.45, 2.75) is 13.0 Å². The quantitative estimate of drug-likeness (QED) is 0.0973. The number of halogens is 1. The molecule has 0 aliphatic carbocycles. The second kappa shape index (κ2) is 13.1. The SMILES string of the molecule is COc1cc(/C=C2\SC(=Nc3ccc([N+](=O)[O-])cc3)N(CCc3c[nH]c4ccccc34)C2=O)ccc1OCc1cccc(F)c1. The first kappa shape index (κ1) is 29.6. The molecule has 1 fully saturated rings. The average molecular weight is 623 g/mol. The number of ether oxygens (including phenoxy) is 2. The molecule has 0 spiro atoms. The highest BCUT2D eigenvalue weighted by atomic mass is 32.2. The van der Waals surface area contributed by atoms with Crippen molar-refractivity contribution >= 4 is 51.2 Å². The maximum Gasteiger partial charge on any atom is 0.269 e. The van der Waals surface area contributed by atoms with E-state index in [1.807, 2.05) is 36.5 Å². The van der Waals surface area contributed by atoms with Gasteiger partial charge in [0.1, 0.15) is 12.4 Å². The van der Waals surface area contributed by atoms with Gasteiger partial charge in [0.2, 0.25) is 0 Å². The summed E-state index contributed by atoms with van der Waals surface area (Å²) >= 11 is 1.23. The van der Waals surface area contributed by atoms with Crippen LogP contribution in [-0.2, 0) is 17.8 Å². The van der Waals surface area contributed by atoms with Crippen molar-refractivity contribution in [3.05, 3.63) is 135 Å². The first-order valence-corrected chi connectivity index (χ1v) is 14.8. The van der Waals surface area contributed by atoms with Crippen molar-refractivity contribution in [3.8, 4) is 11.5 Å². The Morgan fingerprint density at radius 2 is 1.84 bits per heavy atom. The molecule has 1 aliphatic rings. The minimum absolute atomic E-state index is 0.0387. The highest BCUT2D eigenvalue weighted by molar-refractivity contribution is 8.18. The number of benzene rings is 4. The number of amidine groups is 1. The number of nitro benzene ring substituents is 1. The highest BCUT2D eigenvalue weighted by Gasteiger charge is 2.33. The van der Waals surface area contributed by atoms with Gasteiger partial charge in [0.25, 0.3) is 11.6 Å². The topological polar surface area (TPSA) is 110 Å². The number of amides is 1. The number of H-pyrrole nitrogens is 1. The summed E-state index contributed by atoms with van der Waals surface area (Å²) < 4.78 is 25.0. The Morgan fingerprint density at radius 3 is 2.62 bits per heavy atom. The van der Waals surface area contributed by atoms with E-state index in [-0.39, 0.29) is 24.0 Å². The molecule has 0 bridgehead atoms. The number of methoxy groups -OCH3 is 1. The molecular formula is C34H27FN4O5S. The van der Waals surface area contributed by atoms with Crippen LogP contribution in [0.4, 0.5) is 15.8 Å². The number of hydrogen-bond acceptors (Lipinski definition) is 7. The fraction of sp³-hybridized carbons (Fsp3) is 0.118. The van der Waals surface area contributed by atoms with Crippen LogP contribution in [-0.4, -0.2) is 39.5 Å². The number of carbonyl (C=O) groups is 1. The summed E-state index contributed by atoms with van der Waals surface area (Å²) in [6, 6.07) is 25.4. The van der Waals surface area contributed by atoms with Crippen LogP contribution in [0.3, 0.4) is 0 Å². The summed E-state index contributed by atoms with van der Waals surface area (Å²) in [5.74, 6) is 0.406. The zero-order valence-corrected chi connectivity index (χ0v) is 24.9. The van der Waals surface area contributed by atoms with Gasteiger partial charge in [-0.05, 0) is 83.4 Å². The van der Waals surface area contributed by atoms with Gasteiger partial charge in [-0.15, -0.1) is 0 Å². The molecule has 0 atom stereocenters. The van der Waals surface area contributed by atoms with Gasteiger partial charge in [0.05, 0.1) is 22.6 Å². The Hall–Kier alpha value is -5.42. The number of hydrogen-bond donors (Lipinski definition) is 1. The molecule has 1 N–H and O–H groups in total. The van der Waals surface area contributed by atoms with E-state index in [0.717, 1.165) is 16.5 Å². The van der Waals surface area contributed by atoms with E-state index < -0.39 is 4.92 Å². The molecule has 0 radical (unpaired) electrons. The minimum atomic E-state index is -0.467. The van der Waals surface area contributed by atoms with E-state index >= 15 is 0 Å². The van der Waals surface area contributed by atoms with Crippen molar-refractivity contribution in [1.82, 2.24) is 9.88 Å². The number of nitrogens with zero attached hydrogens (tertiary/aromatic N) is 3. The molecule has 6 rings (SSSR count). The normalized spacial score (nSPS) is 14.9. The molecule has 0 unspecified atom stereocenters. The van der Waals surface area contributed by atoms with Gasteiger partial charge in [-0.1, -0.05) is 36.4 Å². The highest BCUT2D eigenvalue weighted by Crippen LogP contribution is 2.36. The molecule has 1 aliphatic heterocycles. The van der Waals surface area contributed by atoms with Crippen LogP contribution >= 0.6 is 11.8 Å². The third kappa shape index (κ3) is 6.73. The summed E-state index contributed by atoms with van der Waals surface area (Å²) in [6.45, 7) is 0.545. The lowest BCUT2D eigenvalue weighted by Gasteiger charge is -2.15. The van der Waals surface area contributed by atoms with Crippen molar-refractivity contribution in [1.29, 1.82) is 0 Å². The Labute approximate surface area is 262 Å². The first-order chi connectivity index (χ1) is 21.9. The predicted octanol–water partition coefficient (Wildman–Crippen LogP) is 7.65. The largest absolute Gasteiger partial charge is 0.493 e. The standard InChI is InChI=1S/C34H27FN4O5S/c1-43-31-18-22(9-14-30(31)44-21-23-5-4-6-25(35)17-23)19-32-33(40)38(16-15-24-20-36-29-8-3-2-7-28(24)29)34(45-32)37-26-10-12-27(13-11-26)39(41)42/h2-14,17-20,36H,15-16,21H2,1H3/b32-19-,37-34?. The van der Waals surface area contributed by atoms with Crippen molar-refractivity contribution in [2.75, 3.05) is 13.7 Å². The molecule has 45 heavy (non-hydrogen) atoms. The zero-order valence-electron chi connectivity index (χ0n) is 24.1. The average Bonchev–Trinajstić information content (AvgIpc) is 3.59. The van der Waals surface area contributed by atoms with Gasteiger partial charge in [-0.25, -0.2) is 9.38 Å². The first-order valence-electron chi connectivity index (χ1n) is 14.0. The minimum Gasteiger partial charge on any atom is -0.493 e. The van der Waals surface area contributed by atoms with E-state index in [1.165, 1.54) is 43.1 Å².